The van der Waals surface area contributed by atoms with E-state index in [1.807, 2.05) is 58.0 Å². The van der Waals surface area contributed by atoms with Crippen LogP contribution in [0, 0.1) is 18.8 Å². The predicted octanol–water partition coefficient (Wildman–Crippen LogP) is 5.61. The normalized spacial score (nSPS) is 21.3. The molecule has 2 aromatic carbocycles. The van der Waals surface area contributed by atoms with Gasteiger partial charge in [0, 0.05) is 67.1 Å². The number of nitrogens with zero attached hydrogens (tertiary/aromatic N) is 5. The molecule has 2 aromatic heterocycles. The molecule has 1 saturated heterocycles. The zero-order valence-electron chi connectivity index (χ0n) is 36.2. The molecular formula is C46H60N10O6. The summed E-state index contributed by atoms with van der Waals surface area (Å²) in [5.41, 5.74) is 4.75. The molecule has 330 valence electrons. The van der Waals surface area contributed by atoms with E-state index in [9.17, 15) is 19.2 Å². The highest BCUT2D eigenvalue weighted by Gasteiger charge is 2.31. The quantitative estimate of drug-likeness (QED) is 0.112. The van der Waals surface area contributed by atoms with Gasteiger partial charge in [0.1, 0.15) is 17.3 Å². The van der Waals surface area contributed by atoms with Crippen molar-refractivity contribution in [3.63, 3.8) is 0 Å². The Bertz CT molecular complexity index is 2120. The summed E-state index contributed by atoms with van der Waals surface area (Å²) in [7, 11) is 0. The molecule has 5 N–H and O–H groups in total. The zero-order chi connectivity index (χ0) is 43.6. The number of carbonyl (C=O) groups is 4. The fourth-order valence-electron chi connectivity index (χ4n) is 8.71. The molecule has 62 heavy (non-hydrogen) atoms. The molecule has 0 radical (unpaired) electrons. The lowest BCUT2D eigenvalue weighted by atomic mass is 9.81. The molecular weight excluding hydrogens is 789 g/mol. The van der Waals surface area contributed by atoms with Gasteiger partial charge in [0.05, 0.1) is 13.2 Å². The lowest BCUT2D eigenvalue weighted by Gasteiger charge is -2.38. The zero-order valence-corrected chi connectivity index (χ0v) is 36.2. The first-order valence-corrected chi connectivity index (χ1v) is 22.0. The Balaban J connectivity index is 0.963. The highest BCUT2D eigenvalue weighted by Crippen LogP contribution is 2.30. The van der Waals surface area contributed by atoms with E-state index < -0.39 is 17.7 Å². The first kappa shape index (κ1) is 44.3. The molecule has 0 spiro atoms. The molecule has 1 atom stereocenters. The summed E-state index contributed by atoms with van der Waals surface area (Å²) in [5.74, 6) is -0.240. The van der Waals surface area contributed by atoms with Crippen LogP contribution in [0.5, 0.6) is 0 Å². The maximum Gasteiger partial charge on any atom is 0.407 e. The Labute approximate surface area is 363 Å². The Morgan fingerprint density at radius 1 is 0.903 bits per heavy atom. The third-order valence-corrected chi connectivity index (χ3v) is 12.2. The van der Waals surface area contributed by atoms with Crippen molar-refractivity contribution in [3.05, 3.63) is 77.6 Å². The van der Waals surface area contributed by atoms with Crippen LogP contribution < -0.4 is 21.3 Å². The van der Waals surface area contributed by atoms with Crippen LogP contribution in [-0.4, -0.2) is 111 Å². The number of rotatable bonds is 13. The molecule has 16 heteroatoms. The van der Waals surface area contributed by atoms with E-state index in [4.69, 9.17) is 9.47 Å². The van der Waals surface area contributed by atoms with Gasteiger partial charge in [-0.2, -0.15) is 5.21 Å². The van der Waals surface area contributed by atoms with Crippen molar-refractivity contribution in [1.29, 1.82) is 0 Å². The van der Waals surface area contributed by atoms with E-state index in [-0.39, 0.29) is 42.0 Å². The topological polar surface area (TPSA) is 205 Å². The van der Waals surface area contributed by atoms with Crippen molar-refractivity contribution in [1.82, 2.24) is 46.5 Å². The first-order valence-electron chi connectivity index (χ1n) is 22.0. The predicted molar refractivity (Wildman–Crippen MR) is 234 cm³/mol. The third kappa shape index (κ3) is 12.2. The summed E-state index contributed by atoms with van der Waals surface area (Å²) < 4.78 is 10.9. The van der Waals surface area contributed by atoms with Crippen LogP contribution in [0.1, 0.15) is 93.8 Å². The number of ether oxygens (including phenoxy) is 2. The van der Waals surface area contributed by atoms with Crippen LogP contribution in [0.3, 0.4) is 0 Å². The number of nitrogens with one attached hydrogen (secondary N) is 5. The molecule has 1 aliphatic heterocycles. The van der Waals surface area contributed by atoms with Gasteiger partial charge >= 0.3 is 6.09 Å². The number of tetrazole rings is 1. The molecule has 0 unspecified atom stereocenters. The molecule has 0 bridgehead atoms. The minimum absolute atomic E-state index is 0.142. The number of H-pyrrole nitrogens is 1. The van der Waals surface area contributed by atoms with Crippen LogP contribution in [0.4, 0.5) is 10.5 Å². The van der Waals surface area contributed by atoms with Crippen LogP contribution >= 0.6 is 0 Å². The third-order valence-electron chi connectivity index (χ3n) is 12.2. The van der Waals surface area contributed by atoms with Gasteiger partial charge in [0.25, 0.3) is 5.91 Å². The fourth-order valence-corrected chi connectivity index (χ4v) is 8.71. The van der Waals surface area contributed by atoms with Gasteiger partial charge in [0.15, 0.2) is 0 Å². The monoisotopic (exact) mass is 848 g/mol. The number of morpholine rings is 1. The molecule has 3 aliphatic rings. The van der Waals surface area contributed by atoms with Crippen LogP contribution in [0.15, 0.2) is 60.8 Å². The lowest BCUT2D eigenvalue weighted by Crippen LogP contribution is -2.48. The van der Waals surface area contributed by atoms with Gasteiger partial charge in [-0.15, -0.1) is 10.2 Å². The highest BCUT2D eigenvalue weighted by atomic mass is 16.6. The summed E-state index contributed by atoms with van der Waals surface area (Å²) in [6, 6.07) is 16.6. The summed E-state index contributed by atoms with van der Waals surface area (Å²) in [4.78, 5) is 60.2. The maximum atomic E-state index is 13.9. The SMILES string of the molecule is Cc1cc(C(=O)NC2CCC(N3CCOCC3)CC2)ncc1-c1ccc(C[C@H](NC(=O)C2CCC(CNC(=O)OC(C)(C)C)CC2)C(=O)Nc2ccc(-c3nn[nH]n3)cc2)cc1. The number of aryl methyl sites for hydroxylation is 1. The minimum atomic E-state index is -0.854. The molecule has 2 saturated carbocycles. The number of hydrogen-bond donors (Lipinski definition) is 5. The number of alkyl carbamates (subject to hydrolysis) is 1. The van der Waals surface area contributed by atoms with Gasteiger partial charge in [-0.05, 0) is 137 Å². The van der Waals surface area contributed by atoms with Gasteiger partial charge in [0.2, 0.25) is 17.6 Å². The van der Waals surface area contributed by atoms with Crippen LogP contribution in [0.25, 0.3) is 22.5 Å². The fraction of sp³-hybridized carbons (Fsp3) is 0.522. The van der Waals surface area contributed by atoms with Gasteiger partial charge in [-0.3, -0.25) is 24.3 Å². The number of amides is 4. The Morgan fingerprint density at radius 2 is 1.60 bits per heavy atom. The number of pyridine rings is 1. The molecule has 3 fully saturated rings. The lowest BCUT2D eigenvalue weighted by molar-refractivity contribution is -0.130. The molecule has 16 nitrogen and oxygen atoms in total. The minimum Gasteiger partial charge on any atom is -0.444 e. The summed E-state index contributed by atoms with van der Waals surface area (Å²) in [5, 5.41) is 26.2. The highest BCUT2D eigenvalue weighted by molar-refractivity contribution is 5.98. The van der Waals surface area contributed by atoms with Crippen molar-refractivity contribution in [2.75, 3.05) is 38.2 Å². The molecule has 4 amide bonds. The van der Waals surface area contributed by atoms with Gasteiger partial charge in [-0.25, -0.2) is 4.79 Å². The Morgan fingerprint density at radius 3 is 2.24 bits per heavy atom. The second kappa shape index (κ2) is 20.4. The van der Waals surface area contributed by atoms with Gasteiger partial charge < -0.3 is 30.7 Å². The number of carbonyl (C=O) groups excluding carboxylic acids is 4. The van der Waals surface area contributed by atoms with E-state index >= 15 is 0 Å². The molecule has 4 aromatic rings. The number of anilines is 1. The molecule has 2 aliphatic carbocycles. The van der Waals surface area contributed by atoms with Crippen molar-refractivity contribution in [2.45, 2.75) is 109 Å². The average molecular weight is 849 g/mol. The number of hydrogen-bond acceptors (Lipinski definition) is 11. The van der Waals surface area contributed by atoms with Crippen LogP contribution in [0.2, 0.25) is 0 Å². The number of aromatic amines is 1. The average Bonchev–Trinajstić information content (AvgIpc) is 3.82. The van der Waals surface area contributed by atoms with Gasteiger partial charge in [-0.1, -0.05) is 24.3 Å². The Kier molecular flexibility index (Phi) is 14.6. The summed E-state index contributed by atoms with van der Waals surface area (Å²) in [6.45, 7) is 11.5. The van der Waals surface area contributed by atoms with E-state index in [2.05, 4.69) is 51.8 Å². The second-order valence-corrected chi connectivity index (χ2v) is 17.9. The van der Waals surface area contributed by atoms with Crippen molar-refractivity contribution < 1.29 is 28.7 Å². The standard InChI is InChI=1S/C46H60N10O6/c1-29-25-39(43(58)49-36-17-19-37(20-18-36)56-21-23-61-24-22-56)47-28-38(29)32-9-5-30(6-10-32)26-40(44(59)50-35-15-13-33(14-16-35)41-52-54-55-53-41)51-42(57)34-11-7-31(8-12-34)27-48-45(60)62-46(2,3)4/h5-6,9-10,13-16,25,28,31,34,36-37,40H,7-8,11-12,17-24,26-27H2,1-4H3,(H,48,60)(H,49,58)(H,50,59)(H,51,57)(H,52,53,54,55)/t31?,34?,36?,37?,40-/m0/s1. The molecule has 7 rings (SSSR count). The Hall–Kier alpha value is -5.74. The maximum absolute atomic E-state index is 13.9. The largest absolute Gasteiger partial charge is 0.444 e. The van der Waals surface area contributed by atoms with E-state index in [1.165, 1.54) is 0 Å². The van der Waals surface area contributed by atoms with Crippen LogP contribution in [-0.2, 0) is 25.5 Å². The van der Waals surface area contributed by atoms with Crippen molar-refractivity contribution in [3.8, 4) is 22.5 Å². The van der Waals surface area contributed by atoms with Crippen molar-refractivity contribution >= 4 is 29.5 Å². The first-order chi connectivity index (χ1) is 29.9. The smallest absolute Gasteiger partial charge is 0.407 e. The summed E-state index contributed by atoms with van der Waals surface area (Å²) in [6.07, 6.45) is 8.46. The number of benzene rings is 2. The van der Waals surface area contributed by atoms with E-state index in [0.717, 1.165) is 92.6 Å². The second-order valence-electron chi connectivity index (χ2n) is 17.9. The number of aromatic nitrogens is 5. The van der Waals surface area contributed by atoms with E-state index in [0.29, 0.717) is 42.6 Å². The molecule has 3 heterocycles. The van der Waals surface area contributed by atoms with E-state index in [1.54, 1.807) is 30.5 Å². The van der Waals surface area contributed by atoms with Crippen molar-refractivity contribution in [2.24, 2.45) is 11.8 Å². The summed E-state index contributed by atoms with van der Waals surface area (Å²) >= 11 is 0.